The van der Waals surface area contributed by atoms with Crippen LogP contribution in [0.5, 0.6) is 11.5 Å². The summed E-state index contributed by atoms with van der Waals surface area (Å²) in [5, 5.41) is 2.87. The predicted molar refractivity (Wildman–Crippen MR) is 86.3 cm³/mol. The number of nitrogens with one attached hydrogen (secondary N) is 1. The number of nitrogens with zero attached hydrogens (tertiary/aromatic N) is 1. The van der Waals surface area contributed by atoms with E-state index >= 15 is 0 Å². The third-order valence-electron chi connectivity index (χ3n) is 3.89. The number of carbonyl (C=O) groups excluding carboxylic acids is 2. The van der Waals surface area contributed by atoms with Gasteiger partial charge in [0.25, 0.3) is 0 Å². The Hall–Kier alpha value is -2.50. The van der Waals surface area contributed by atoms with Crippen molar-refractivity contribution in [2.45, 2.75) is 25.4 Å². The van der Waals surface area contributed by atoms with Gasteiger partial charge in [0, 0.05) is 19.2 Å². The Labute approximate surface area is 136 Å². The maximum Gasteiger partial charge on any atom is 0.246 e. The minimum Gasteiger partial charge on any atom is -0.497 e. The number of benzene rings is 1. The number of rotatable bonds is 6. The van der Waals surface area contributed by atoms with E-state index in [1.807, 2.05) is 12.1 Å². The SMILES string of the molecule is C=CC(=O)N1CCC[C@@H]1C(=O)NCc1cc(OC)cc(OC)c1. The van der Waals surface area contributed by atoms with Gasteiger partial charge in [0.1, 0.15) is 17.5 Å². The molecule has 0 unspecified atom stereocenters. The summed E-state index contributed by atoms with van der Waals surface area (Å²) >= 11 is 0. The summed E-state index contributed by atoms with van der Waals surface area (Å²) in [5.41, 5.74) is 0.870. The lowest BCUT2D eigenvalue weighted by atomic mass is 10.1. The van der Waals surface area contributed by atoms with Crippen molar-refractivity contribution in [3.05, 3.63) is 36.4 Å². The van der Waals surface area contributed by atoms with Gasteiger partial charge < -0.3 is 19.7 Å². The van der Waals surface area contributed by atoms with Gasteiger partial charge in [0.05, 0.1) is 14.2 Å². The molecule has 0 aromatic heterocycles. The number of carbonyl (C=O) groups is 2. The highest BCUT2D eigenvalue weighted by molar-refractivity contribution is 5.93. The van der Waals surface area contributed by atoms with E-state index in [0.717, 1.165) is 12.0 Å². The molecule has 0 aliphatic carbocycles. The molecule has 1 aliphatic heterocycles. The number of hydrogen-bond donors (Lipinski definition) is 1. The van der Waals surface area contributed by atoms with Crippen molar-refractivity contribution in [2.75, 3.05) is 20.8 Å². The lowest BCUT2D eigenvalue weighted by Gasteiger charge is -2.22. The van der Waals surface area contributed by atoms with Crippen LogP contribution in [0.3, 0.4) is 0 Å². The van der Waals surface area contributed by atoms with E-state index < -0.39 is 6.04 Å². The number of methoxy groups -OCH3 is 2. The Morgan fingerprint density at radius 3 is 2.52 bits per heavy atom. The summed E-state index contributed by atoms with van der Waals surface area (Å²) in [6, 6.07) is 5.02. The van der Waals surface area contributed by atoms with Gasteiger partial charge in [-0.15, -0.1) is 0 Å². The van der Waals surface area contributed by atoms with Crippen LogP contribution >= 0.6 is 0 Å². The molecule has 6 nitrogen and oxygen atoms in total. The quantitative estimate of drug-likeness (QED) is 0.807. The fourth-order valence-electron chi connectivity index (χ4n) is 2.70. The maximum absolute atomic E-state index is 12.4. The van der Waals surface area contributed by atoms with Crippen LogP contribution in [0.4, 0.5) is 0 Å². The second-order valence-corrected chi connectivity index (χ2v) is 5.33. The van der Waals surface area contributed by atoms with Crippen molar-refractivity contribution >= 4 is 11.8 Å². The van der Waals surface area contributed by atoms with Crippen molar-refractivity contribution in [3.8, 4) is 11.5 Å². The van der Waals surface area contributed by atoms with Crippen LogP contribution in [0.15, 0.2) is 30.9 Å². The zero-order valence-electron chi connectivity index (χ0n) is 13.5. The highest BCUT2D eigenvalue weighted by atomic mass is 16.5. The molecule has 1 saturated heterocycles. The van der Waals surface area contributed by atoms with Gasteiger partial charge in [-0.25, -0.2) is 0 Å². The average Bonchev–Trinajstić information content (AvgIpc) is 3.08. The van der Waals surface area contributed by atoms with Gasteiger partial charge in [0.2, 0.25) is 11.8 Å². The Bertz CT molecular complexity index is 578. The van der Waals surface area contributed by atoms with Crippen molar-refractivity contribution in [2.24, 2.45) is 0 Å². The minimum absolute atomic E-state index is 0.153. The van der Waals surface area contributed by atoms with Gasteiger partial charge in [-0.3, -0.25) is 9.59 Å². The summed E-state index contributed by atoms with van der Waals surface area (Å²) < 4.78 is 10.4. The summed E-state index contributed by atoms with van der Waals surface area (Å²) in [6.45, 7) is 4.42. The first kappa shape index (κ1) is 16.9. The Kier molecular flexibility index (Phi) is 5.62. The van der Waals surface area contributed by atoms with Gasteiger partial charge in [-0.2, -0.15) is 0 Å². The molecule has 0 spiro atoms. The normalized spacial score (nSPS) is 16.8. The predicted octanol–water partition coefficient (Wildman–Crippen LogP) is 1.50. The van der Waals surface area contributed by atoms with Crippen molar-refractivity contribution in [1.82, 2.24) is 10.2 Å². The lowest BCUT2D eigenvalue weighted by Crippen LogP contribution is -2.45. The maximum atomic E-state index is 12.4. The van der Waals surface area contributed by atoms with E-state index in [0.29, 0.717) is 31.0 Å². The second kappa shape index (κ2) is 7.67. The van der Waals surface area contributed by atoms with E-state index in [9.17, 15) is 9.59 Å². The lowest BCUT2D eigenvalue weighted by molar-refractivity contribution is -0.135. The van der Waals surface area contributed by atoms with Crippen LogP contribution in [-0.4, -0.2) is 43.5 Å². The monoisotopic (exact) mass is 318 g/mol. The fraction of sp³-hybridized carbons (Fsp3) is 0.412. The first-order valence-corrected chi connectivity index (χ1v) is 7.51. The Balaban J connectivity index is 2.01. The van der Waals surface area contributed by atoms with E-state index in [1.165, 1.54) is 6.08 Å². The molecular weight excluding hydrogens is 296 g/mol. The molecule has 1 heterocycles. The molecule has 124 valence electrons. The van der Waals surface area contributed by atoms with Crippen molar-refractivity contribution in [3.63, 3.8) is 0 Å². The second-order valence-electron chi connectivity index (χ2n) is 5.33. The van der Waals surface area contributed by atoms with Crippen LogP contribution in [0.1, 0.15) is 18.4 Å². The van der Waals surface area contributed by atoms with Gasteiger partial charge in [-0.05, 0) is 36.6 Å². The van der Waals surface area contributed by atoms with Crippen LogP contribution in [0.2, 0.25) is 0 Å². The highest BCUT2D eigenvalue weighted by Crippen LogP contribution is 2.23. The summed E-state index contributed by atoms with van der Waals surface area (Å²) in [7, 11) is 3.16. The molecule has 0 bridgehead atoms. The first-order valence-electron chi connectivity index (χ1n) is 7.51. The molecule has 1 atom stereocenters. The first-order chi connectivity index (χ1) is 11.1. The summed E-state index contributed by atoms with van der Waals surface area (Å²) in [4.78, 5) is 25.7. The third-order valence-corrected chi connectivity index (χ3v) is 3.89. The number of ether oxygens (including phenoxy) is 2. The Morgan fingerprint density at radius 2 is 1.96 bits per heavy atom. The highest BCUT2D eigenvalue weighted by Gasteiger charge is 2.32. The molecule has 0 radical (unpaired) electrons. The molecule has 2 amide bonds. The molecular formula is C17H22N2O4. The molecule has 1 fully saturated rings. The molecule has 2 rings (SSSR count). The molecule has 6 heteroatoms. The van der Waals surface area contributed by atoms with Gasteiger partial charge >= 0.3 is 0 Å². The van der Waals surface area contributed by atoms with Crippen LogP contribution in [0.25, 0.3) is 0 Å². The molecule has 0 saturated carbocycles. The topological polar surface area (TPSA) is 67.9 Å². The van der Waals surface area contributed by atoms with Crippen LogP contribution in [0, 0.1) is 0 Å². The van der Waals surface area contributed by atoms with Gasteiger partial charge in [-0.1, -0.05) is 6.58 Å². The zero-order chi connectivity index (χ0) is 16.8. The molecule has 1 aromatic carbocycles. The number of likely N-dealkylation sites (tertiary alicyclic amines) is 1. The average molecular weight is 318 g/mol. The largest absolute Gasteiger partial charge is 0.497 e. The standard InChI is InChI=1S/C17H22N2O4/c1-4-16(20)19-7-5-6-15(19)17(21)18-11-12-8-13(22-2)10-14(9-12)23-3/h4,8-10,15H,1,5-7,11H2,2-3H3,(H,18,21)/t15-/m1/s1. The van der Waals surface area contributed by atoms with E-state index in [4.69, 9.17) is 9.47 Å². The Morgan fingerprint density at radius 1 is 1.30 bits per heavy atom. The van der Waals surface area contributed by atoms with Gasteiger partial charge in [0.15, 0.2) is 0 Å². The van der Waals surface area contributed by atoms with E-state index in [2.05, 4.69) is 11.9 Å². The van der Waals surface area contributed by atoms with Crippen molar-refractivity contribution < 1.29 is 19.1 Å². The minimum atomic E-state index is -0.423. The molecule has 1 N–H and O–H groups in total. The van der Waals surface area contributed by atoms with Crippen molar-refractivity contribution in [1.29, 1.82) is 0 Å². The molecule has 23 heavy (non-hydrogen) atoms. The smallest absolute Gasteiger partial charge is 0.246 e. The molecule has 1 aliphatic rings. The summed E-state index contributed by atoms with van der Waals surface area (Å²) in [6.07, 6.45) is 2.75. The van der Waals surface area contributed by atoms with Crippen LogP contribution in [-0.2, 0) is 16.1 Å². The fourth-order valence-corrected chi connectivity index (χ4v) is 2.70. The van der Waals surface area contributed by atoms with Crippen LogP contribution < -0.4 is 14.8 Å². The number of hydrogen-bond acceptors (Lipinski definition) is 4. The zero-order valence-corrected chi connectivity index (χ0v) is 13.5. The number of amides is 2. The summed E-state index contributed by atoms with van der Waals surface area (Å²) in [5.74, 6) is 0.973. The van der Waals surface area contributed by atoms with E-state index in [-0.39, 0.29) is 11.8 Å². The van der Waals surface area contributed by atoms with E-state index in [1.54, 1.807) is 25.2 Å². The molecule has 1 aromatic rings. The third kappa shape index (κ3) is 4.03.